The maximum absolute atomic E-state index is 13.0. The van der Waals surface area contributed by atoms with Gasteiger partial charge in [0.1, 0.15) is 18.0 Å². The molecule has 1 aliphatic heterocycles. The lowest BCUT2D eigenvalue weighted by Crippen LogP contribution is -2.47. The number of hydrogen-bond acceptors (Lipinski definition) is 4. The lowest BCUT2D eigenvalue weighted by molar-refractivity contribution is 0.0103. The first-order chi connectivity index (χ1) is 13.7. The van der Waals surface area contributed by atoms with Gasteiger partial charge < -0.3 is 15.2 Å². The summed E-state index contributed by atoms with van der Waals surface area (Å²) >= 11 is 6.04. The van der Waals surface area contributed by atoms with Crippen LogP contribution in [0, 0.1) is 0 Å². The Hall–Kier alpha value is -2.40. The SMILES string of the molecule is CC(C)(C)OC(=O)N1[C@@H](COc2cccc(Cl)c2)CC[C@H]1Cc1ccc(N)cc1. The topological polar surface area (TPSA) is 64.8 Å². The second kappa shape index (κ2) is 8.95. The van der Waals surface area contributed by atoms with Crippen molar-refractivity contribution in [1.82, 2.24) is 4.90 Å². The van der Waals surface area contributed by atoms with E-state index in [4.69, 9.17) is 26.8 Å². The first-order valence-electron chi connectivity index (χ1n) is 9.95. The predicted octanol–water partition coefficient (Wildman–Crippen LogP) is 5.31. The fraction of sp³-hybridized carbons (Fsp3) is 0.435. The van der Waals surface area contributed by atoms with E-state index in [2.05, 4.69) is 0 Å². The average molecular weight is 417 g/mol. The van der Waals surface area contributed by atoms with Gasteiger partial charge in [0.15, 0.2) is 0 Å². The second-order valence-electron chi connectivity index (χ2n) is 8.49. The van der Waals surface area contributed by atoms with E-state index in [1.807, 2.05) is 62.1 Å². The lowest BCUT2D eigenvalue weighted by Gasteiger charge is -2.32. The summed E-state index contributed by atoms with van der Waals surface area (Å²) < 4.78 is 11.6. The Morgan fingerprint density at radius 1 is 1.14 bits per heavy atom. The van der Waals surface area contributed by atoms with Gasteiger partial charge in [-0.15, -0.1) is 0 Å². The van der Waals surface area contributed by atoms with E-state index < -0.39 is 5.60 Å². The molecule has 0 spiro atoms. The number of rotatable bonds is 5. The number of anilines is 1. The zero-order chi connectivity index (χ0) is 21.0. The standard InChI is InChI=1S/C23H29ClN2O3/c1-23(2,3)29-22(27)26-19(13-16-7-9-18(25)10-8-16)11-12-20(26)15-28-21-6-4-5-17(24)14-21/h4-10,14,19-20H,11-13,15,25H2,1-3H3/t19-,20+/m0/s1. The van der Waals surface area contributed by atoms with E-state index in [0.29, 0.717) is 17.4 Å². The fourth-order valence-corrected chi connectivity index (χ4v) is 3.79. The van der Waals surface area contributed by atoms with Gasteiger partial charge in [0, 0.05) is 16.8 Å². The number of carbonyl (C=O) groups is 1. The first-order valence-corrected chi connectivity index (χ1v) is 10.3. The number of hydrogen-bond donors (Lipinski definition) is 1. The van der Waals surface area contributed by atoms with Crippen LogP contribution in [-0.4, -0.2) is 35.3 Å². The van der Waals surface area contributed by atoms with E-state index in [0.717, 1.165) is 30.5 Å². The third-order valence-electron chi connectivity index (χ3n) is 4.91. The molecule has 2 aromatic carbocycles. The van der Waals surface area contributed by atoms with Crippen molar-refractivity contribution in [1.29, 1.82) is 0 Å². The highest BCUT2D eigenvalue weighted by molar-refractivity contribution is 6.30. The van der Waals surface area contributed by atoms with Gasteiger partial charge >= 0.3 is 6.09 Å². The van der Waals surface area contributed by atoms with Crippen LogP contribution < -0.4 is 10.5 Å². The molecular formula is C23H29ClN2O3. The summed E-state index contributed by atoms with van der Waals surface area (Å²) in [6, 6.07) is 15.1. The molecule has 1 amide bonds. The Bertz CT molecular complexity index is 833. The van der Waals surface area contributed by atoms with Crippen LogP contribution in [0.3, 0.4) is 0 Å². The Morgan fingerprint density at radius 3 is 2.48 bits per heavy atom. The normalized spacial score (nSPS) is 19.2. The molecule has 2 atom stereocenters. The number of likely N-dealkylation sites (tertiary alicyclic amines) is 1. The number of nitrogens with zero attached hydrogens (tertiary/aromatic N) is 1. The maximum Gasteiger partial charge on any atom is 0.410 e. The maximum atomic E-state index is 13.0. The molecule has 0 bridgehead atoms. The largest absolute Gasteiger partial charge is 0.491 e. The molecule has 29 heavy (non-hydrogen) atoms. The van der Waals surface area contributed by atoms with Crippen LogP contribution in [0.2, 0.25) is 5.02 Å². The van der Waals surface area contributed by atoms with Crippen LogP contribution in [-0.2, 0) is 11.2 Å². The molecule has 6 heteroatoms. The summed E-state index contributed by atoms with van der Waals surface area (Å²) in [5.41, 5.74) is 7.13. The zero-order valence-electron chi connectivity index (χ0n) is 17.2. The second-order valence-corrected chi connectivity index (χ2v) is 8.92. The molecule has 1 aliphatic rings. The fourth-order valence-electron chi connectivity index (χ4n) is 3.61. The quantitative estimate of drug-likeness (QED) is 0.670. The highest BCUT2D eigenvalue weighted by Gasteiger charge is 2.39. The summed E-state index contributed by atoms with van der Waals surface area (Å²) in [5.74, 6) is 0.698. The molecule has 1 fully saturated rings. The van der Waals surface area contributed by atoms with Crippen LogP contribution in [0.5, 0.6) is 5.75 Å². The van der Waals surface area contributed by atoms with Crippen molar-refractivity contribution >= 4 is 23.4 Å². The molecule has 156 valence electrons. The van der Waals surface area contributed by atoms with E-state index in [9.17, 15) is 4.79 Å². The van der Waals surface area contributed by atoms with Gasteiger partial charge in [-0.3, -0.25) is 4.90 Å². The summed E-state index contributed by atoms with van der Waals surface area (Å²) in [6.07, 6.45) is 2.22. The minimum atomic E-state index is -0.552. The van der Waals surface area contributed by atoms with Crippen LogP contribution in [0.15, 0.2) is 48.5 Å². The Kier molecular flexibility index (Phi) is 6.58. The predicted molar refractivity (Wildman–Crippen MR) is 116 cm³/mol. The summed E-state index contributed by atoms with van der Waals surface area (Å²) in [7, 11) is 0. The molecule has 3 rings (SSSR count). The van der Waals surface area contributed by atoms with Gasteiger partial charge in [0.05, 0.1) is 6.04 Å². The molecule has 2 N–H and O–H groups in total. The number of nitrogens with two attached hydrogens (primary N) is 1. The summed E-state index contributed by atoms with van der Waals surface area (Å²) in [6.45, 7) is 6.05. The van der Waals surface area contributed by atoms with Gasteiger partial charge in [-0.05, 0) is 75.9 Å². The average Bonchev–Trinajstić information content (AvgIpc) is 3.03. The Labute approximate surface area is 177 Å². The van der Waals surface area contributed by atoms with Gasteiger partial charge in [0.25, 0.3) is 0 Å². The van der Waals surface area contributed by atoms with E-state index in [1.165, 1.54) is 0 Å². The lowest BCUT2D eigenvalue weighted by atomic mass is 10.0. The van der Waals surface area contributed by atoms with Crippen LogP contribution >= 0.6 is 11.6 Å². The van der Waals surface area contributed by atoms with Crippen molar-refractivity contribution in [3.63, 3.8) is 0 Å². The molecule has 0 radical (unpaired) electrons. The van der Waals surface area contributed by atoms with Crippen molar-refractivity contribution in [2.45, 2.75) is 57.7 Å². The number of halogens is 1. The molecule has 5 nitrogen and oxygen atoms in total. The number of carbonyl (C=O) groups excluding carboxylic acids is 1. The minimum Gasteiger partial charge on any atom is -0.491 e. The van der Waals surface area contributed by atoms with Crippen molar-refractivity contribution in [3.05, 3.63) is 59.1 Å². The van der Waals surface area contributed by atoms with Crippen molar-refractivity contribution in [2.24, 2.45) is 0 Å². The monoisotopic (exact) mass is 416 g/mol. The number of benzene rings is 2. The van der Waals surface area contributed by atoms with Gasteiger partial charge in [-0.25, -0.2) is 4.79 Å². The van der Waals surface area contributed by atoms with E-state index in [1.54, 1.807) is 12.1 Å². The molecule has 1 heterocycles. The molecule has 2 aromatic rings. The van der Waals surface area contributed by atoms with Crippen LogP contribution in [0.1, 0.15) is 39.2 Å². The van der Waals surface area contributed by atoms with Gasteiger partial charge in [0.2, 0.25) is 0 Å². The third-order valence-corrected chi connectivity index (χ3v) is 5.15. The van der Waals surface area contributed by atoms with Gasteiger partial charge in [-0.1, -0.05) is 29.8 Å². The molecule has 0 aromatic heterocycles. The number of nitrogen functional groups attached to an aromatic ring is 1. The Balaban J connectivity index is 1.73. The number of amides is 1. The molecular weight excluding hydrogens is 388 g/mol. The van der Waals surface area contributed by atoms with Crippen molar-refractivity contribution < 1.29 is 14.3 Å². The minimum absolute atomic E-state index is 0.0531. The molecule has 0 aliphatic carbocycles. The zero-order valence-corrected chi connectivity index (χ0v) is 18.0. The Morgan fingerprint density at radius 2 is 1.83 bits per heavy atom. The molecule has 1 saturated heterocycles. The highest BCUT2D eigenvalue weighted by Crippen LogP contribution is 2.30. The summed E-state index contributed by atoms with van der Waals surface area (Å²) in [4.78, 5) is 14.9. The highest BCUT2D eigenvalue weighted by atomic mass is 35.5. The van der Waals surface area contributed by atoms with Crippen molar-refractivity contribution in [2.75, 3.05) is 12.3 Å². The summed E-state index contributed by atoms with van der Waals surface area (Å²) in [5, 5.41) is 0.624. The molecule has 0 saturated carbocycles. The van der Waals surface area contributed by atoms with Crippen LogP contribution in [0.25, 0.3) is 0 Å². The van der Waals surface area contributed by atoms with Crippen LogP contribution in [0.4, 0.5) is 10.5 Å². The molecule has 0 unspecified atom stereocenters. The van der Waals surface area contributed by atoms with E-state index >= 15 is 0 Å². The van der Waals surface area contributed by atoms with Crippen molar-refractivity contribution in [3.8, 4) is 5.75 Å². The number of ether oxygens (including phenoxy) is 2. The third kappa shape index (κ3) is 6.04. The smallest absolute Gasteiger partial charge is 0.410 e. The van der Waals surface area contributed by atoms with Gasteiger partial charge in [-0.2, -0.15) is 0 Å². The first kappa shape index (κ1) is 21.3. The van der Waals surface area contributed by atoms with E-state index in [-0.39, 0.29) is 18.2 Å².